The number of rotatable bonds is 7. The molecule has 0 spiro atoms. The van der Waals surface area contributed by atoms with Crippen LogP contribution in [0.2, 0.25) is 0 Å². The number of furan rings is 1. The minimum atomic E-state index is -0.257. The Morgan fingerprint density at radius 3 is 2.96 bits per heavy atom. The number of amides is 2. The highest BCUT2D eigenvalue weighted by molar-refractivity contribution is 5.92. The molecule has 2 amide bonds. The van der Waals surface area contributed by atoms with Gasteiger partial charge in [-0.3, -0.25) is 9.59 Å². The number of piperidine rings is 1. The second-order valence-corrected chi connectivity index (χ2v) is 6.69. The maximum atomic E-state index is 12.3. The molecule has 0 aliphatic carbocycles. The van der Waals surface area contributed by atoms with Crippen molar-refractivity contribution >= 4 is 11.8 Å². The van der Waals surface area contributed by atoms with E-state index >= 15 is 0 Å². The summed E-state index contributed by atoms with van der Waals surface area (Å²) in [5.74, 6) is 1.01. The molecule has 27 heavy (non-hydrogen) atoms. The third-order valence-electron chi connectivity index (χ3n) is 4.81. The van der Waals surface area contributed by atoms with Crippen LogP contribution in [0.15, 0.2) is 40.8 Å². The molecule has 2 heterocycles. The van der Waals surface area contributed by atoms with Crippen molar-refractivity contribution in [3.63, 3.8) is 0 Å². The SMILES string of the molecule is COc1cccc(-c2ccc(C(=O)NCCN3CCC[C@@H](C(N)=O)C3)o2)c1. The monoisotopic (exact) mass is 371 g/mol. The lowest BCUT2D eigenvalue weighted by molar-refractivity contribution is -0.123. The van der Waals surface area contributed by atoms with Crippen LogP contribution in [0, 0.1) is 5.92 Å². The van der Waals surface area contributed by atoms with Crippen LogP contribution in [-0.2, 0) is 4.79 Å². The Bertz CT molecular complexity index is 802. The highest BCUT2D eigenvalue weighted by Gasteiger charge is 2.23. The lowest BCUT2D eigenvalue weighted by atomic mass is 9.97. The molecule has 1 atom stereocenters. The van der Waals surface area contributed by atoms with Crippen molar-refractivity contribution in [2.24, 2.45) is 11.7 Å². The number of ether oxygens (including phenoxy) is 1. The number of primary amides is 1. The lowest BCUT2D eigenvalue weighted by Gasteiger charge is -2.30. The quantitative estimate of drug-likeness (QED) is 0.774. The lowest BCUT2D eigenvalue weighted by Crippen LogP contribution is -2.44. The van der Waals surface area contributed by atoms with Crippen molar-refractivity contribution < 1.29 is 18.7 Å². The van der Waals surface area contributed by atoms with E-state index in [0.29, 0.717) is 25.4 Å². The van der Waals surface area contributed by atoms with Crippen LogP contribution in [0.4, 0.5) is 0 Å². The van der Waals surface area contributed by atoms with Crippen LogP contribution < -0.4 is 15.8 Å². The van der Waals surface area contributed by atoms with Gasteiger partial charge in [0.05, 0.1) is 13.0 Å². The van der Waals surface area contributed by atoms with Crippen LogP contribution >= 0.6 is 0 Å². The predicted molar refractivity (Wildman–Crippen MR) is 101 cm³/mol. The maximum Gasteiger partial charge on any atom is 0.287 e. The first kappa shape index (κ1) is 19.0. The van der Waals surface area contributed by atoms with Crippen molar-refractivity contribution in [3.8, 4) is 17.1 Å². The number of nitrogens with two attached hydrogens (primary N) is 1. The fourth-order valence-corrected chi connectivity index (χ4v) is 3.30. The van der Waals surface area contributed by atoms with Crippen LogP contribution in [0.1, 0.15) is 23.4 Å². The number of nitrogens with one attached hydrogen (secondary N) is 1. The van der Waals surface area contributed by atoms with Gasteiger partial charge in [-0.05, 0) is 43.7 Å². The van der Waals surface area contributed by atoms with Crippen molar-refractivity contribution in [1.29, 1.82) is 0 Å². The second-order valence-electron chi connectivity index (χ2n) is 6.69. The van der Waals surface area contributed by atoms with Gasteiger partial charge < -0.3 is 25.1 Å². The van der Waals surface area contributed by atoms with E-state index in [1.165, 1.54) is 0 Å². The number of likely N-dealkylation sites (tertiary alicyclic amines) is 1. The molecule has 0 bridgehead atoms. The van der Waals surface area contributed by atoms with E-state index < -0.39 is 0 Å². The van der Waals surface area contributed by atoms with Crippen LogP contribution in [0.5, 0.6) is 5.75 Å². The van der Waals surface area contributed by atoms with Crippen LogP contribution in [0.25, 0.3) is 11.3 Å². The zero-order chi connectivity index (χ0) is 19.2. The summed E-state index contributed by atoms with van der Waals surface area (Å²) in [7, 11) is 1.61. The largest absolute Gasteiger partial charge is 0.497 e. The molecule has 2 aromatic rings. The van der Waals surface area contributed by atoms with Gasteiger partial charge in [-0.15, -0.1) is 0 Å². The summed E-state index contributed by atoms with van der Waals surface area (Å²) in [4.78, 5) is 25.8. The van der Waals surface area contributed by atoms with Crippen molar-refractivity contribution in [1.82, 2.24) is 10.2 Å². The summed E-state index contributed by atoms with van der Waals surface area (Å²) in [5.41, 5.74) is 6.24. The summed E-state index contributed by atoms with van der Waals surface area (Å²) in [6.45, 7) is 2.74. The average Bonchev–Trinajstić information content (AvgIpc) is 3.18. The molecule has 1 aromatic heterocycles. The smallest absolute Gasteiger partial charge is 0.287 e. The van der Waals surface area contributed by atoms with Gasteiger partial charge in [-0.1, -0.05) is 12.1 Å². The van der Waals surface area contributed by atoms with Crippen molar-refractivity contribution in [2.45, 2.75) is 12.8 Å². The second kappa shape index (κ2) is 8.73. The number of benzene rings is 1. The number of hydrogen-bond donors (Lipinski definition) is 2. The Balaban J connectivity index is 1.51. The molecule has 1 aromatic carbocycles. The Kier molecular flexibility index (Phi) is 6.13. The third-order valence-corrected chi connectivity index (χ3v) is 4.81. The zero-order valence-corrected chi connectivity index (χ0v) is 15.4. The van der Waals surface area contributed by atoms with Gasteiger partial charge in [-0.2, -0.15) is 0 Å². The average molecular weight is 371 g/mol. The Labute approximate surface area is 158 Å². The van der Waals surface area contributed by atoms with Crippen molar-refractivity contribution in [3.05, 3.63) is 42.2 Å². The highest BCUT2D eigenvalue weighted by atomic mass is 16.5. The van der Waals surface area contributed by atoms with E-state index in [0.717, 1.165) is 30.7 Å². The molecule has 0 radical (unpaired) electrons. The van der Waals surface area contributed by atoms with E-state index in [1.807, 2.05) is 24.3 Å². The molecule has 1 aliphatic rings. The zero-order valence-electron chi connectivity index (χ0n) is 15.4. The first-order chi connectivity index (χ1) is 13.1. The Morgan fingerprint density at radius 1 is 1.33 bits per heavy atom. The van der Waals surface area contributed by atoms with Crippen LogP contribution in [-0.4, -0.2) is 50.0 Å². The molecular weight excluding hydrogens is 346 g/mol. The molecule has 0 unspecified atom stereocenters. The fraction of sp³-hybridized carbons (Fsp3) is 0.400. The molecule has 1 fully saturated rings. The van der Waals surface area contributed by atoms with Gasteiger partial charge in [-0.25, -0.2) is 0 Å². The van der Waals surface area contributed by atoms with E-state index in [9.17, 15) is 9.59 Å². The number of methoxy groups -OCH3 is 1. The molecule has 1 saturated heterocycles. The third kappa shape index (κ3) is 4.89. The normalized spacial score (nSPS) is 17.4. The number of nitrogens with zero attached hydrogens (tertiary/aromatic N) is 1. The summed E-state index contributed by atoms with van der Waals surface area (Å²) >= 11 is 0. The molecule has 3 rings (SSSR count). The number of carbonyl (C=O) groups is 2. The predicted octanol–water partition coefficient (Wildman–Crippen LogP) is 1.88. The minimum absolute atomic E-state index is 0.0926. The van der Waals surface area contributed by atoms with Gasteiger partial charge in [0.15, 0.2) is 5.76 Å². The van der Waals surface area contributed by atoms with Gasteiger partial charge in [0, 0.05) is 25.2 Å². The fourth-order valence-electron chi connectivity index (χ4n) is 3.30. The van der Waals surface area contributed by atoms with Crippen molar-refractivity contribution in [2.75, 3.05) is 33.3 Å². The molecule has 7 nitrogen and oxygen atoms in total. The summed E-state index contributed by atoms with van der Waals surface area (Å²) < 4.78 is 10.9. The maximum absolute atomic E-state index is 12.3. The summed E-state index contributed by atoms with van der Waals surface area (Å²) in [5, 5.41) is 2.86. The first-order valence-electron chi connectivity index (χ1n) is 9.11. The summed E-state index contributed by atoms with van der Waals surface area (Å²) in [6, 6.07) is 10.9. The molecule has 0 saturated carbocycles. The molecule has 7 heteroatoms. The molecule has 1 aliphatic heterocycles. The molecule has 3 N–H and O–H groups in total. The topological polar surface area (TPSA) is 97.8 Å². The Hall–Kier alpha value is -2.80. The summed E-state index contributed by atoms with van der Waals surface area (Å²) in [6.07, 6.45) is 1.79. The van der Waals surface area contributed by atoms with Crippen LogP contribution in [0.3, 0.4) is 0 Å². The van der Waals surface area contributed by atoms with Gasteiger partial charge in [0.25, 0.3) is 5.91 Å². The van der Waals surface area contributed by atoms with Gasteiger partial charge >= 0.3 is 0 Å². The molecular formula is C20H25N3O4. The van der Waals surface area contributed by atoms with E-state index in [2.05, 4.69) is 10.2 Å². The van der Waals surface area contributed by atoms with E-state index in [1.54, 1.807) is 19.2 Å². The molecule has 144 valence electrons. The standard InChI is InChI=1S/C20H25N3O4/c1-26-16-6-2-4-14(12-16)17-7-8-18(27-17)20(25)22-9-11-23-10-3-5-15(13-23)19(21)24/h2,4,6-8,12,15H,3,5,9-11,13H2,1H3,(H2,21,24)(H,22,25)/t15-/m1/s1. The highest BCUT2D eigenvalue weighted by Crippen LogP contribution is 2.25. The van der Waals surface area contributed by atoms with Gasteiger partial charge in [0.1, 0.15) is 11.5 Å². The Morgan fingerprint density at radius 2 is 2.19 bits per heavy atom. The number of carbonyl (C=O) groups excluding carboxylic acids is 2. The number of hydrogen-bond acceptors (Lipinski definition) is 5. The minimum Gasteiger partial charge on any atom is -0.497 e. The first-order valence-corrected chi connectivity index (χ1v) is 9.11. The van der Waals surface area contributed by atoms with E-state index in [4.69, 9.17) is 14.9 Å². The van der Waals surface area contributed by atoms with E-state index in [-0.39, 0.29) is 23.5 Å². The van der Waals surface area contributed by atoms with Gasteiger partial charge in [0.2, 0.25) is 5.91 Å².